The van der Waals surface area contributed by atoms with E-state index in [1.807, 2.05) is 36.4 Å². The Balaban J connectivity index is 1.75. The molecule has 5 nitrogen and oxygen atoms in total. The first-order chi connectivity index (χ1) is 15.6. The highest BCUT2D eigenvalue weighted by Crippen LogP contribution is 2.20. The van der Waals surface area contributed by atoms with Crippen LogP contribution in [0, 0.1) is 11.3 Å². The van der Waals surface area contributed by atoms with Crippen LogP contribution in [-0.2, 0) is 22.4 Å². The minimum Gasteiger partial charge on any atom is -0.462 e. The van der Waals surface area contributed by atoms with Crippen molar-refractivity contribution in [2.45, 2.75) is 19.8 Å². The van der Waals surface area contributed by atoms with E-state index in [9.17, 15) is 14.9 Å². The molecular weight excluding hydrogens is 402 g/mol. The van der Waals surface area contributed by atoms with E-state index in [-0.39, 0.29) is 12.2 Å². The molecule has 32 heavy (non-hydrogen) atoms. The average molecular weight is 425 g/mol. The maximum absolute atomic E-state index is 12.9. The molecule has 0 unspecified atom stereocenters. The van der Waals surface area contributed by atoms with Gasteiger partial charge < -0.3 is 9.47 Å². The molecule has 0 saturated heterocycles. The predicted molar refractivity (Wildman–Crippen MR) is 122 cm³/mol. The van der Waals surface area contributed by atoms with Gasteiger partial charge in [0.15, 0.2) is 0 Å². The molecule has 0 saturated carbocycles. The maximum atomic E-state index is 12.9. The van der Waals surface area contributed by atoms with Gasteiger partial charge in [-0.25, -0.2) is 9.59 Å². The smallest absolute Gasteiger partial charge is 0.348 e. The summed E-state index contributed by atoms with van der Waals surface area (Å²) >= 11 is 0. The Morgan fingerprint density at radius 2 is 1.69 bits per heavy atom. The van der Waals surface area contributed by atoms with E-state index >= 15 is 0 Å². The van der Waals surface area contributed by atoms with Gasteiger partial charge in [-0.3, -0.25) is 0 Å². The van der Waals surface area contributed by atoms with Crippen LogP contribution in [0.4, 0.5) is 0 Å². The number of hydrogen-bond acceptors (Lipinski definition) is 5. The second-order valence-electron chi connectivity index (χ2n) is 7.00. The van der Waals surface area contributed by atoms with Gasteiger partial charge in [0.2, 0.25) is 0 Å². The minimum atomic E-state index is -0.690. The standard InChI is InChI=1S/C27H23NO4/c1-2-31-26(29)23(19-28)17-21-11-8-13-24(18-21)32-27(30)25-14-7-6-12-22(25)16-15-20-9-4-3-5-10-20/h3-14,17-18H,2,15-16H2,1H3/b23-17+. The molecular formula is C27H23NO4. The lowest BCUT2D eigenvalue weighted by Crippen LogP contribution is -2.12. The highest BCUT2D eigenvalue weighted by atomic mass is 16.5. The van der Waals surface area contributed by atoms with Gasteiger partial charge in [0.25, 0.3) is 0 Å². The molecule has 0 amide bonds. The van der Waals surface area contributed by atoms with Crippen molar-refractivity contribution in [3.8, 4) is 11.8 Å². The van der Waals surface area contributed by atoms with E-state index in [2.05, 4.69) is 12.1 Å². The molecule has 0 atom stereocenters. The van der Waals surface area contributed by atoms with Gasteiger partial charge >= 0.3 is 11.9 Å². The third-order valence-corrected chi connectivity index (χ3v) is 4.76. The molecule has 3 aromatic carbocycles. The van der Waals surface area contributed by atoms with Crippen LogP contribution in [0.25, 0.3) is 6.08 Å². The van der Waals surface area contributed by atoms with Crippen LogP contribution in [0.5, 0.6) is 5.75 Å². The summed E-state index contributed by atoms with van der Waals surface area (Å²) in [6, 6.07) is 26.0. The highest BCUT2D eigenvalue weighted by Gasteiger charge is 2.14. The zero-order valence-electron chi connectivity index (χ0n) is 17.8. The number of rotatable bonds is 8. The van der Waals surface area contributed by atoms with Gasteiger partial charge in [0.05, 0.1) is 12.2 Å². The first-order valence-corrected chi connectivity index (χ1v) is 10.3. The minimum absolute atomic E-state index is 0.124. The molecule has 0 bridgehead atoms. The number of nitriles is 1. The monoisotopic (exact) mass is 425 g/mol. The molecule has 0 spiro atoms. The summed E-state index contributed by atoms with van der Waals surface area (Å²) in [6.07, 6.45) is 2.93. The molecule has 0 aliphatic carbocycles. The van der Waals surface area contributed by atoms with Crippen LogP contribution >= 0.6 is 0 Å². The normalized spacial score (nSPS) is 10.8. The number of nitrogens with zero attached hydrogens (tertiary/aromatic N) is 1. The molecule has 0 N–H and O–H groups in total. The van der Waals surface area contributed by atoms with Crippen molar-refractivity contribution in [2.75, 3.05) is 6.61 Å². The van der Waals surface area contributed by atoms with Crippen LogP contribution < -0.4 is 4.74 Å². The first-order valence-electron chi connectivity index (χ1n) is 10.3. The summed E-state index contributed by atoms with van der Waals surface area (Å²) in [5, 5.41) is 9.21. The Labute approximate surface area is 187 Å². The summed E-state index contributed by atoms with van der Waals surface area (Å²) < 4.78 is 10.5. The zero-order valence-corrected chi connectivity index (χ0v) is 17.8. The molecule has 3 rings (SSSR count). The number of aryl methyl sites for hydroxylation is 2. The predicted octanol–water partition coefficient (Wildman–Crippen LogP) is 5.16. The van der Waals surface area contributed by atoms with Crippen molar-refractivity contribution in [1.82, 2.24) is 0 Å². The molecule has 0 fully saturated rings. The topological polar surface area (TPSA) is 76.4 Å². The lowest BCUT2D eigenvalue weighted by Gasteiger charge is -2.10. The van der Waals surface area contributed by atoms with Crippen LogP contribution in [0.2, 0.25) is 0 Å². The molecule has 0 aromatic heterocycles. The van der Waals surface area contributed by atoms with E-state index in [1.165, 1.54) is 11.6 Å². The third-order valence-electron chi connectivity index (χ3n) is 4.76. The van der Waals surface area contributed by atoms with Gasteiger partial charge in [-0.2, -0.15) is 5.26 Å². The Hall–Kier alpha value is -4.17. The number of esters is 2. The van der Waals surface area contributed by atoms with E-state index in [1.54, 1.807) is 43.3 Å². The van der Waals surface area contributed by atoms with E-state index < -0.39 is 11.9 Å². The van der Waals surface area contributed by atoms with Gasteiger partial charge in [-0.1, -0.05) is 60.7 Å². The number of carbonyl (C=O) groups excluding carboxylic acids is 2. The largest absolute Gasteiger partial charge is 0.462 e. The van der Waals surface area contributed by atoms with Crippen LogP contribution in [0.15, 0.2) is 84.4 Å². The van der Waals surface area contributed by atoms with Crippen molar-refractivity contribution in [1.29, 1.82) is 5.26 Å². The van der Waals surface area contributed by atoms with Crippen molar-refractivity contribution in [3.63, 3.8) is 0 Å². The fourth-order valence-corrected chi connectivity index (χ4v) is 3.20. The van der Waals surface area contributed by atoms with Gasteiger partial charge in [-0.05, 0) is 60.7 Å². The number of ether oxygens (including phenoxy) is 2. The van der Waals surface area contributed by atoms with E-state index in [0.29, 0.717) is 23.3 Å². The van der Waals surface area contributed by atoms with Crippen molar-refractivity contribution < 1.29 is 19.1 Å². The van der Waals surface area contributed by atoms with Crippen LogP contribution in [0.1, 0.15) is 34.0 Å². The fraction of sp³-hybridized carbons (Fsp3) is 0.148. The maximum Gasteiger partial charge on any atom is 0.348 e. The summed E-state index contributed by atoms with van der Waals surface area (Å²) in [4.78, 5) is 24.7. The van der Waals surface area contributed by atoms with Crippen LogP contribution in [0.3, 0.4) is 0 Å². The lowest BCUT2D eigenvalue weighted by atomic mass is 10.00. The van der Waals surface area contributed by atoms with E-state index in [0.717, 1.165) is 12.0 Å². The van der Waals surface area contributed by atoms with Gasteiger partial charge in [-0.15, -0.1) is 0 Å². The SMILES string of the molecule is CCOC(=O)/C(C#N)=C/c1cccc(OC(=O)c2ccccc2CCc2ccccc2)c1. The highest BCUT2D eigenvalue weighted by molar-refractivity contribution is 5.98. The van der Waals surface area contributed by atoms with Crippen molar-refractivity contribution >= 4 is 18.0 Å². The molecule has 0 radical (unpaired) electrons. The Bertz CT molecular complexity index is 1160. The summed E-state index contributed by atoms with van der Waals surface area (Å²) in [6.45, 7) is 1.85. The summed E-state index contributed by atoms with van der Waals surface area (Å²) in [5.74, 6) is -0.826. The second-order valence-corrected chi connectivity index (χ2v) is 7.00. The molecule has 5 heteroatoms. The van der Waals surface area contributed by atoms with Crippen molar-refractivity contribution in [3.05, 3.63) is 107 Å². The average Bonchev–Trinajstić information content (AvgIpc) is 2.82. The fourth-order valence-electron chi connectivity index (χ4n) is 3.20. The number of benzene rings is 3. The van der Waals surface area contributed by atoms with Crippen molar-refractivity contribution in [2.24, 2.45) is 0 Å². The molecule has 0 aliphatic rings. The number of carbonyl (C=O) groups is 2. The number of hydrogen-bond donors (Lipinski definition) is 0. The molecule has 0 aliphatic heterocycles. The summed E-state index contributed by atoms with van der Waals surface area (Å²) in [5.41, 5.74) is 3.05. The van der Waals surface area contributed by atoms with E-state index in [4.69, 9.17) is 9.47 Å². The Morgan fingerprint density at radius 3 is 2.44 bits per heavy atom. The molecule has 0 heterocycles. The van der Waals surface area contributed by atoms with Crippen LogP contribution in [-0.4, -0.2) is 18.5 Å². The van der Waals surface area contributed by atoms with Gasteiger partial charge in [0, 0.05) is 0 Å². The summed E-state index contributed by atoms with van der Waals surface area (Å²) in [7, 11) is 0. The Kier molecular flexibility index (Phi) is 7.94. The molecule has 160 valence electrons. The first kappa shape index (κ1) is 22.5. The second kappa shape index (κ2) is 11.3. The quantitative estimate of drug-likeness (QED) is 0.216. The lowest BCUT2D eigenvalue weighted by molar-refractivity contribution is -0.137. The third kappa shape index (κ3) is 6.16. The zero-order chi connectivity index (χ0) is 22.8. The molecule has 3 aromatic rings. The van der Waals surface area contributed by atoms with Gasteiger partial charge in [0.1, 0.15) is 17.4 Å². The Morgan fingerprint density at radius 1 is 0.938 bits per heavy atom.